The van der Waals surface area contributed by atoms with Crippen LogP contribution in [0.4, 0.5) is 5.82 Å². The van der Waals surface area contributed by atoms with E-state index in [1.54, 1.807) is 0 Å². The normalized spacial score (nSPS) is 9.83. The van der Waals surface area contributed by atoms with Crippen molar-refractivity contribution in [2.24, 2.45) is 0 Å². The number of anilines is 1. The second-order valence-corrected chi connectivity index (χ2v) is 3.80. The molecule has 0 spiro atoms. The first-order valence-electron chi connectivity index (χ1n) is 3.89. The molecule has 1 atom stereocenters. The highest BCUT2D eigenvalue weighted by atomic mass is 79.9. The standard InChI is InChI=1S/C8H12BrN2P/c9-7-3-1-4-8(11-7)10-5-2-6-12/h1,3-4H,2,5-6,12H2,(H,10,11). The molecule has 0 saturated carbocycles. The van der Waals surface area contributed by atoms with Crippen molar-refractivity contribution < 1.29 is 0 Å². The van der Waals surface area contributed by atoms with E-state index < -0.39 is 0 Å². The zero-order valence-electron chi connectivity index (χ0n) is 6.76. The fourth-order valence-electron chi connectivity index (χ4n) is 0.825. The third kappa shape index (κ3) is 3.51. The zero-order valence-corrected chi connectivity index (χ0v) is 9.50. The molecule has 0 aliphatic rings. The van der Waals surface area contributed by atoms with Gasteiger partial charge in [0.25, 0.3) is 0 Å². The van der Waals surface area contributed by atoms with Gasteiger partial charge in [0.05, 0.1) is 0 Å². The highest BCUT2D eigenvalue weighted by Gasteiger charge is 1.92. The maximum absolute atomic E-state index is 4.24. The highest BCUT2D eigenvalue weighted by molar-refractivity contribution is 9.10. The molecule has 0 saturated heterocycles. The molecule has 0 aliphatic carbocycles. The van der Waals surface area contributed by atoms with Crippen LogP contribution >= 0.6 is 25.2 Å². The number of nitrogens with zero attached hydrogens (tertiary/aromatic N) is 1. The fraction of sp³-hybridized carbons (Fsp3) is 0.375. The van der Waals surface area contributed by atoms with E-state index in [1.165, 1.54) is 0 Å². The minimum absolute atomic E-state index is 0.873. The Hall–Kier alpha value is -0.140. The van der Waals surface area contributed by atoms with Gasteiger partial charge in [-0.1, -0.05) is 6.07 Å². The lowest BCUT2D eigenvalue weighted by Gasteiger charge is -2.03. The predicted molar refractivity (Wildman–Crippen MR) is 59.6 cm³/mol. The predicted octanol–water partition coefficient (Wildman–Crippen LogP) is 2.52. The van der Waals surface area contributed by atoms with Crippen molar-refractivity contribution in [2.45, 2.75) is 6.42 Å². The van der Waals surface area contributed by atoms with Gasteiger partial charge in [0.1, 0.15) is 10.4 Å². The van der Waals surface area contributed by atoms with Crippen LogP contribution in [0.2, 0.25) is 0 Å². The lowest BCUT2D eigenvalue weighted by atomic mass is 10.4. The van der Waals surface area contributed by atoms with Gasteiger partial charge in [0.15, 0.2) is 0 Å². The van der Waals surface area contributed by atoms with Crippen LogP contribution in [0.3, 0.4) is 0 Å². The molecule has 12 heavy (non-hydrogen) atoms. The molecule has 0 amide bonds. The van der Waals surface area contributed by atoms with Crippen LogP contribution in [0.25, 0.3) is 0 Å². The summed E-state index contributed by atoms with van der Waals surface area (Å²) in [4.78, 5) is 4.24. The van der Waals surface area contributed by atoms with Gasteiger partial charge in [0.2, 0.25) is 0 Å². The Morgan fingerprint density at radius 2 is 2.33 bits per heavy atom. The first-order valence-corrected chi connectivity index (χ1v) is 5.50. The summed E-state index contributed by atoms with van der Waals surface area (Å²) in [6.07, 6.45) is 2.28. The topological polar surface area (TPSA) is 24.9 Å². The molecule has 1 heterocycles. The number of halogens is 1. The largest absolute Gasteiger partial charge is 0.370 e. The van der Waals surface area contributed by atoms with Gasteiger partial charge in [0, 0.05) is 6.54 Å². The van der Waals surface area contributed by atoms with Crippen molar-refractivity contribution in [2.75, 3.05) is 18.0 Å². The summed E-state index contributed by atoms with van der Waals surface area (Å²) < 4.78 is 0.873. The molecular formula is C8H12BrN2P. The maximum Gasteiger partial charge on any atom is 0.127 e. The summed E-state index contributed by atoms with van der Waals surface area (Å²) in [6, 6.07) is 5.86. The zero-order chi connectivity index (χ0) is 8.81. The number of pyridine rings is 1. The monoisotopic (exact) mass is 246 g/mol. The Kier molecular flexibility index (Phi) is 4.55. The van der Waals surface area contributed by atoms with E-state index in [9.17, 15) is 0 Å². The van der Waals surface area contributed by atoms with Crippen molar-refractivity contribution >= 4 is 31.0 Å². The molecule has 0 aromatic carbocycles. The first-order chi connectivity index (χ1) is 5.83. The Morgan fingerprint density at radius 1 is 1.50 bits per heavy atom. The summed E-state index contributed by atoms with van der Waals surface area (Å²) in [5.41, 5.74) is 0. The van der Waals surface area contributed by atoms with Crippen LogP contribution < -0.4 is 5.32 Å². The molecule has 4 heteroatoms. The number of rotatable bonds is 4. The SMILES string of the molecule is PCCCNc1cccc(Br)n1. The van der Waals surface area contributed by atoms with Gasteiger partial charge in [-0.05, 0) is 40.6 Å². The fourth-order valence-corrected chi connectivity index (χ4v) is 1.37. The quantitative estimate of drug-likeness (QED) is 0.502. The van der Waals surface area contributed by atoms with Crippen molar-refractivity contribution in [3.05, 3.63) is 22.8 Å². The van der Waals surface area contributed by atoms with E-state index in [1.807, 2.05) is 18.2 Å². The third-order valence-electron chi connectivity index (χ3n) is 1.40. The molecule has 1 aromatic heterocycles. The molecule has 0 bridgehead atoms. The van der Waals surface area contributed by atoms with Gasteiger partial charge < -0.3 is 5.32 Å². The molecule has 1 aromatic rings. The Balaban J connectivity index is 2.41. The van der Waals surface area contributed by atoms with E-state index in [2.05, 4.69) is 35.5 Å². The second-order valence-electron chi connectivity index (χ2n) is 2.41. The van der Waals surface area contributed by atoms with Crippen LogP contribution in [0, 0.1) is 0 Å². The van der Waals surface area contributed by atoms with Crippen LogP contribution in [-0.2, 0) is 0 Å². The van der Waals surface area contributed by atoms with Crippen LogP contribution in [0.1, 0.15) is 6.42 Å². The van der Waals surface area contributed by atoms with Gasteiger partial charge in [-0.2, -0.15) is 0 Å². The number of nitrogens with one attached hydrogen (secondary N) is 1. The smallest absolute Gasteiger partial charge is 0.127 e. The van der Waals surface area contributed by atoms with Crippen molar-refractivity contribution in [3.8, 4) is 0 Å². The molecule has 0 radical (unpaired) electrons. The van der Waals surface area contributed by atoms with Gasteiger partial charge >= 0.3 is 0 Å². The molecule has 1 unspecified atom stereocenters. The summed E-state index contributed by atoms with van der Waals surface area (Å²) in [6.45, 7) is 0.979. The summed E-state index contributed by atoms with van der Waals surface area (Å²) in [5.74, 6) is 0.933. The third-order valence-corrected chi connectivity index (χ3v) is 2.25. The summed E-state index contributed by atoms with van der Waals surface area (Å²) in [7, 11) is 2.71. The molecule has 66 valence electrons. The lowest BCUT2D eigenvalue weighted by Crippen LogP contribution is -2.03. The molecule has 0 fully saturated rings. The Labute approximate surface area is 83.5 Å². The average Bonchev–Trinajstić information content (AvgIpc) is 2.05. The number of aromatic nitrogens is 1. The Bertz CT molecular complexity index is 242. The van der Waals surface area contributed by atoms with Crippen LogP contribution in [0.15, 0.2) is 22.8 Å². The molecular weight excluding hydrogens is 235 g/mol. The van der Waals surface area contributed by atoms with Gasteiger partial charge in [-0.25, -0.2) is 4.98 Å². The van der Waals surface area contributed by atoms with E-state index in [4.69, 9.17) is 0 Å². The minimum atomic E-state index is 0.873. The van der Waals surface area contributed by atoms with Crippen molar-refractivity contribution in [3.63, 3.8) is 0 Å². The highest BCUT2D eigenvalue weighted by Crippen LogP contribution is 2.09. The maximum atomic E-state index is 4.24. The summed E-state index contributed by atoms with van der Waals surface area (Å²) >= 11 is 3.32. The van der Waals surface area contributed by atoms with E-state index >= 15 is 0 Å². The Morgan fingerprint density at radius 3 is 3.00 bits per heavy atom. The summed E-state index contributed by atoms with van der Waals surface area (Å²) in [5, 5.41) is 3.23. The van der Waals surface area contributed by atoms with E-state index in [-0.39, 0.29) is 0 Å². The molecule has 1 rings (SSSR count). The number of hydrogen-bond donors (Lipinski definition) is 1. The van der Waals surface area contributed by atoms with E-state index in [0.717, 1.165) is 29.5 Å². The molecule has 0 aliphatic heterocycles. The van der Waals surface area contributed by atoms with Crippen molar-refractivity contribution in [1.82, 2.24) is 4.98 Å². The molecule has 2 nitrogen and oxygen atoms in total. The van der Waals surface area contributed by atoms with Crippen molar-refractivity contribution in [1.29, 1.82) is 0 Å². The lowest BCUT2D eigenvalue weighted by molar-refractivity contribution is 0.980. The van der Waals surface area contributed by atoms with Gasteiger partial charge in [-0.3, -0.25) is 0 Å². The molecule has 1 N–H and O–H groups in total. The number of hydrogen-bond acceptors (Lipinski definition) is 2. The first kappa shape index (κ1) is 9.94. The van der Waals surface area contributed by atoms with Gasteiger partial charge in [-0.15, -0.1) is 9.24 Å². The second kappa shape index (κ2) is 5.50. The van der Waals surface area contributed by atoms with Crippen LogP contribution in [-0.4, -0.2) is 17.7 Å². The minimum Gasteiger partial charge on any atom is -0.370 e. The van der Waals surface area contributed by atoms with Crippen LogP contribution in [0.5, 0.6) is 0 Å². The average molecular weight is 247 g/mol. The van der Waals surface area contributed by atoms with E-state index in [0.29, 0.717) is 0 Å².